The van der Waals surface area contributed by atoms with E-state index in [0.29, 0.717) is 23.9 Å². The largest absolute Gasteiger partial charge is 0.298 e. The number of piperidine rings is 1. The molecule has 3 rings (SSSR count). The minimum atomic E-state index is -0.347. The van der Waals surface area contributed by atoms with E-state index in [2.05, 4.69) is 10.3 Å². The fourth-order valence-corrected chi connectivity index (χ4v) is 2.55. The van der Waals surface area contributed by atoms with Crippen molar-refractivity contribution in [1.82, 2.24) is 10.3 Å². The summed E-state index contributed by atoms with van der Waals surface area (Å²) < 4.78 is 0. The molecule has 1 aromatic carbocycles. The molecule has 1 fully saturated rings. The van der Waals surface area contributed by atoms with Gasteiger partial charge < -0.3 is 0 Å². The van der Waals surface area contributed by atoms with Gasteiger partial charge in [-0.2, -0.15) is 0 Å². The average Bonchev–Trinajstić information content (AvgIpc) is 2.46. The van der Waals surface area contributed by atoms with Crippen LogP contribution in [0.1, 0.15) is 34.7 Å². The molecule has 5 heteroatoms. The van der Waals surface area contributed by atoms with Gasteiger partial charge >= 0.3 is 0 Å². The van der Waals surface area contributed by atoms with E-state index in [1.165, 1.54) is 0 Å². The van der Waals surface area contributed by atoms with Gasteiger partial charge in [-0.3, -0.25) is 24.7 Å². The molecular formula is C15H12N2O3. The predicted octanol–water partition coefficient (Wildman–Crippen LogP) is 1.57. The van der Waals surface area contributed by atoms with E-state index in [-0.39, 0.29) is 17.7 Å². The first-order chi connectivity index (χ1) is 9.69. The number of benzene rings is 1. The maximum absolute atomic E-state index is 12.0. The van der Waals surface area contributed by atoms with Crippen molar-refractivity contribution in [3.05, 3.63) is 41.6 Å². The summed E-state index contributed by atoms with van der Waals surface area (Å²) in [6.07, 6.45) is 3.22. The lowest BCUT2D eigenvalue weighted by atomic mass is 9.88. The first kappa shape index (κ1) is 12.5. The van der Waals surface area contributed by atoms with Gasteiger partial charge in [0.2, 0.25) is 11.8 Å². The standard InChI is InChI=1S/C15H12N2O3/c18-8-9-1-2-11-10(5-6-16-13(11)7-9)12-3-4-14(19)17-15(12)20/h1-2,5-8,12H,3-4H2,(H,17,19,20). The number of hydrogen-bond donors (Lipinski definition) is 1. The fourth-order valence-electron chi connectivity index (χ4n) is 2.55. The molecule has 5 nitrogen and oxygen atoms in total. The van der Waals surface area contributed by atoms with E-state index in [4.69, 9.17) is 0 Å². The van der Waals surface area contributed by atoms with Crippen molar-refractivity contribution >= 4 is 29.0 Å². The van der Waals surface area contributed by atoms with Crippen LogP contribution in [0.25, 0.3) is 10.9 Å². The van der Waals surface area contributed by atoms with E-state index in [1.807, 2.05) is 0 Å². The van der Waals surface area contributed by atoms with Gasteiger partial charge in [0.25, 0.3) is 0 Å². The first-order valence-corrected chi connectivity index (χ1v) is 6.36. The van der Waals surface area contributed by atoms with Crippen LogP contribution >= 0.6 is 0 Å². The summed E-state index contributed by atoms with van der Waals surface area (Å²) in [5.74, 6) is -0.846. The number of fused-ring (bicyclic) bond motifs is 1. The maximum Gasteiger partial charge on any atom is 0.234 e. The molecule has 2 aromatic rings. The number of aldehydes is 1. The number of pyridine rings is 1. The number of amides is 2. The Kier molecular flexibility index (Phi) is 3.02. The number of rotatable bonds is 2. The third-order valence-electron chi connectivity index (χ3n) is 3.55. The zero-order chi connectivity index (χ0) is 14.1. The van der Waals surface area contributed by atoms with Crippen LogP contribution < -0.4 is 5.32 Å². The Labute approximate surface area is 115 Å². The number of nitrogens with one attached hydrogen (secondary N) is 1. The highest BCUT2D eigenvalue weighted by atomic mass is 16.2. The quantitative estimate of drug-likeness (QED) is 0.662. The topological polar surface area (TPSA) is 76.1 Å². The van der Waals surface area contributed by atoms with Crippen molar-refractivity contribution in [2.24, 2.45) is 0 Å². The van der Waals surface area contributed by atoms with Crippen LogP contribution in [0.4, 0.5) is 0 Å². The van der Waals surface area contributed by atoms with Crippen LogP contribution in [0.3, 0.4) is 0 Å². The molecule has 1 unspecified atom stereocenters. The molecule has 0 radical (unpaired) electrons. The van der Waals surface area contributed by atoms with Crippen molar-refractivity contribution in [2.75, 3.05) is 0 Å². The lowest BCUT2D eigenvalue weighted by Crippen LogP contribution is -2.39. The van der Waals surface area contributed by atoms with Crippen molar-refractivity contribution in [2.45, 2.75) is 18.8 Å². The molecule has 1 aliphatic heterocycles. The number of carbonyl (C=O) groups excluding carboxylic acids is 3. The molecule has 1 aromatic heterocycles. The minimum absolute atomic E-state index is 0.229. The molecule has 100 valence electrons. The third-order valence-corrected chi connectivity index (χ3v) is 3.55. The average molecular weight is 268 g/mol. The lowest BCUT2D eigenvalue weighted by Gasteiger charge is -2.22. The summed E-state index contributed by atoms with van der Waals surface area (Å²) in [6.45, 7) is 0. The maximum atomic E-state index is 12.0. The van der Waals surface area contributed by atoms with Gasteiger partial charge in [-0.05, 0) is 24.1 Å². The van der Waals surface area contributed by atoms with Gasteiger partial charge in [-0.15, -0.1) is 0 Å². The Bertz CT molecular complexity index is 724. The molecule has 1 atom stereocenters. The summed E-state index contributed by atoms with van der Waals surface area (Å²) >= 11 is 0. The van der Waals surface area contributed by atoms with Gasteiger partial charge in [-0.25, -0.2) is 0 Å². The summed E-state index contributed by atoms with van der Waals surface area (Å²) in [7, 11) is 0. The Morgan fingerprint density at radius 1 is 1.25 bits per heavy atom. The highest BCUT2D eigenvalue weighted by Gasteiger charge is 2.29. The molecule has 2 heterocycles. The van der Waals surface area contributed by atoms with Gasteiger partial charge in [-0.1, -0.05) is 12.1 Å². The number of carbonyl (C=O) groups is 3. The van der Waals surface area contributed by atoms with Crippen molar-refractivity contribution in [1.29, 1.82) is 0 Å². The summed E-state index contributed by atoms with van der Waals surface area (Å²) in [5, 5.41) is 3.20. The molecular weight excluding hydrogens is 256 g/mol. The zero-order valence-corrected chi connectivity index (χ0v) is 10.6. The van der Waals surface area contributed by atoms with Gasteiger partial charge in [0, 0.05) is 23.6 Å². The Balaban J connectivity index is 2.09. The molecule has 0 saturated carbocycles. The highest BCUT2D eigenvalue weighted by molar-refractivity contribution is 6.03. The summed E-state index contributed by atoms with van der Waals surface area (Å²) in [5.41, 5.74) is 2.07. The predicted molar refractivity (Wildman–Crippen MR) is 72.3 cm³/mol. The summed E-state index contributed by atoms with van der Waals surface area (Å²) in [6, 6.07) is 6.98. The van der Waals surface area contributed by atoms with Crippen LogP contribution in [0.2, 0.25) is 0 Å². The second kappa shape index (κ2) is 4.85. The van der Waals surface area contributed by atoms with Crippen LogP contribution in [-0.2, 0) is 9.59 Å². The van der Waals surface area contributed by atoms with Gasteiger partial charge in [0.15, 0.2) is 0 Å². The van der Waals surface area contributed by atoms with Gasteiger partial charge in [0.05, 0.1) is 11.4 Å². The van der Waals surface area contributed by atoms with Gasteiger partial charge in [0.1, 0.15) is 6.29 Å². The monoisotopic (exact) mass is 268 g/mol. The Morgan fingerprint density at radius 3 is 2.85 bits per heavy atom. The molecule has 1 N–H and O–H groups in total. The zero-order valence-electron chi connectivity index (χ0n) is 10.6. The molecule has 0 bridgehead atoms. The van der Waals surface area contributed by atoms with E-state index in [9.17, 15) is 14.4 Å². The molecule has 0 aliphatic carbocycles. The van der Waals surface area contributed by atoms with E-state index >= 15 is 0 Å². The third kappa shape index (κ3) is 2.07. The first-order valence-electron chi connectivity index (χ1n) is 6.36. The fraction of sp³-hybridized carbons (Fsp3) is 0.200. The highest BCUT2D eigenvalue weighted by Crippen LogP contribution is 2.30. The van der Waals surface area contributed by atoms with Crippen LogP contribution in [0.15, 0.2) is 30.5 Å². The van der Waals surface area contributed by atoms with Crippen molar-refractivity contribution in [3.63, 3.8) is 0 Å². The van der Waals surface area contributed by atoms with Crippen LogP contribution in [0.5, 0.6) is 0 Å². The van der Waals surface area contributed by atoms with Crippen molar-refractivity contribution in [3.8, 4) is 0 Å². The SMILES string of the molecule is O=Cc1ccc2c(C3CCC(=O)NC3=O)ccnc2c1. The van der Waals surface area contributed by atoms with E-state index in [1.54, 1.807) is 30.5 Å². The second-order valence-corrected chi connectivity index (χ2v) is 4.80. The lowest BCUT2D eigenvalue weighted by molar-refractivity contribution is -0.134. The number of imide groups is 1. The second-order valence-electron chi connectivity index (χ2n) is 4.80. The Morgan fingerprint density at radius 2 is 2.10 bits per heavy atom. The van der Waals surface area contributed by atoms with Crippen molar-refractivity contribution < 1.29 is 14.4 Å². The minimum Gasteiger partial charge on any atom is -0.298 e. The Hall–Kier alpha value is -2.56. The van der Waals surface area contributed by atoms with E-state index in [0.717, 1.165) is 17.2 Å². The number of aromatic nitrogens is 1. The van der Waals surface area contributed by atoms with E-state index < -0.39 is 0 Å². The molecule has 0 spiro atoms. The molecule has 1 saturated heterocycles. The number of hydrogen-bond acceptors (Lipinski definition) is 4. The molecule has 2 amide bonds. The number of nitrogens with zero attached hydrogens (tertiary/aromatic N) is 1. The summed E-state index contributed by atoms with van der Waals surface area (Å²) in [4.78, 5) is 38.2. The van der Waals surface area contributed by atoms with Crippen LogP contribution in [-0.4, -0.2) is 23.1 Å². The van der Waals surface area contributed by atoms with Crippen LogP contribution in [0, 0.1) is 0 Å². The molecule has 1 aliphatic rings. The normalized spacial score (nSPS) is 18.9. The molecule has 20 heavy (non-hydrogen) atoms. The smallest absolute Gasteiger partial charge is 0.234 e.